The molecule has 0 aliphatic carbocycles. The molecule has 2 aromatic heterocycles. The van der Waals surface area contributed by atoms with Crippen molar-refractivity contribution in [3.05, 3.63) is 82.8 Å². The molecule has 2 heterocycles. The first-order valence-electron chi connectivity index (χ1n) is 8.11. The minimum absolute atomic E-state index is 0.0539. The summed E-state index contributed by atoms with van der Waals surface area (Å²) in [7, 11) is 0. The molecule has 0 spiro atoms. The number of fused-ring (bicyclic) bond motifs is 1. The third-order valence-corrected chi connectivity index (χ3v) is 4.88. The summed E-state index contributed by atoms with van der Waals surface area (Å²) in [5.74, 6) is 0.855. The van der Waals surface area contributed by atoms with Crippen molar-refractivity contribution >= 4 is 34.0 Å². The molecule has 25 heavy (non-hydrogen) atoms. The molecule has 0 aliphatic rings. The van der Waals surface area contributed by atoms with E-state index in [9.17, 15) is 4.79 Å². The molecule has 4 aromatic rings. The van der Waals surface area contributed by atoms with E-state index < -0.39 is 0 Å². The number of imidazole rings is 1. The van der Waals surface area contributed by atoms with Gasteiger partial charge in [0.05, 0.1) is 11.0 Å². The molecule has 4 rings (SSSR count). The molecule has 0 radical (unpaired) electrons. The summed E-state index contributed by atoms with van der Waals surface area (Å²) >= 11 is 1.70. The number of carbonyl (C=O) groups is 1. The zero-order valence-corrected chi connectivity index (χ0v) is 14.4. The highest BCUT2D eigenvalue weighted by molar-refractivity contribution is 7.09. The Morgan fingerprint density at radius 3 is 2.60 bits per heavy atom. The number of rotatable bonds is 5. The minimum Gasteiger partial charge on any atom is -0.325 e. The predicted molar refractivity (Wildman–Crippen MR) is 102 cm³/mol. The van der Waals surface area contributed by atoms with Crippen LogP contribution < -0.4 is 5.32 Å². The Morgan fingerprint density at radius 2 is 1.80 bits per heavy atom. The lowest BCUT2D eigenvalue weighted by Gasteiger charge is -2.10. The number of amides is 1. The normalized spacial score (nSPS) is 10.9. The summed E-state index contributed by atoms with van der Waals surface area (Å²) < 4.78 is 2.01. The molecule has 0 saturated heterocycles. The second-order valence-electron chi connectivity index (χ2n) is 5.77. The van der Waals surface area contributed by atoms with E-state index in [-0.39, 0.29) is 12.5 Å². The molecule has 0 aliphatic heterocycles. The number of carbonyl (C=O) groups excluding carboxylic acids is 1. The lowest BCUT2D eigenvalue weighted by Crippen LogP contribution is -2.20. The summed E-state index contributed by atoms with van der Waals surface area (Å²) in [5.41, 5.74) is 2.70. The van der Waals surface area contributed by atoms with E-state index >= 15 is 0 Å². The van der Waals surface area contributed by atoms with E-state index in [4.69, 9.17) is 4.98 Å². The fourth-order valence-corrected chi connectivity index (χ4v) is 3.57. The average molecular weight is 347 g/mol. The van der Waals surface area contributed by atoms with Gasteiger partial charge in [-0.15, -0.1) is 11.3 Å². The third kappa shape index (κ3) is 3.46. The maximum atomic E-state index is 12.5. The molecule has 2 aromatic carbocycles. The fraction of sp³-hybridized carbons (Fsp3) is 0.100. The van der Waals surface area contributed by atoms with Crippen LogP contribution in [0.1, 0.15) is 10.7 Å². The van der Waals surface area contributed by atoms with Crippen LogP contribution in [-0.4, -0.2) is 15.5 Å². The second-order valence-corrected chi connectivity index (χ2v) is 6.81. The summed E-state index contributed by atoms with van der Waals surface area (Å²) in [6.07, 6.45) is 0.727. The minimum atomic E-state index is -0.0539. The lowest BCUT2D eigenvalue weighted by molar-refractivity contribution is -0.116. The van der Waals surface area contributed by atoms with Crippen molar-refractivity contribution in [2.24, 2.45) is 0 Å². The van der Waals surface area contributed by atoms with Gasteiger partial charge in [0.25, 0.3) is 0 Å². The standard InChI is InChI=1S/C20H17N3OS/c24-20(21-15-7-2-1-3-8-15)14-23-18-11-5-4-10-17(18)22-19(23)13-16-9-6-12-25-16/h1-12H,13-14H2,(H,21,24). The zero-order chi connectivity index (χ0) is 17.1. The van der Waals surface area contributed by atoms with E-state index in [1.807, 2.05) is 65.2 Å². The smallest absolute Gasteiger partial charge is 0.244 e. The molecule has 0 fully saturated rings. The Morgan fingerprint density at radius 1 is 1.00 bits per heavy atom. The van der Waals surface area contributed by atoms with Crippen LogP contribution in [0.3, 0.4) is 0 Å². The molecule has 0 saturated carbocycles. The summed E-state index contributed by atoms with van der Waals surface area (Å²) in [6.45, 7) is 0.246. The number of hydrogen-bond donors (Lipinski definition) is 1. The molecule has 0 bridgehead atoms. The number of nitrogens with zero attached hydrogens (tertiary/aromatic N) is 2. The van der Waals surface area contributed by atoms with Gasteiger partial charge in [-0.2, -0.15) is 0 Å². The first-order valence-corrected chi connectivity index (χ1v) is 8.99. The number of thiophene rings is 1. The molecule has 0 unspecified atom stereocenters. The first kappa shape index (κ1) is 15.6. The number of benzene rings is 2. The van der Waals surface area contributed by atoms with Crippen LogP contribution in [0.4, 0.5) is 5.69 Å². The second kappa shape index (κ2) is 6.91. The van der Waals surface area contributed by atoms with E-state index in [0.717, 1.165) is 29.0 Å². The maximum Gasteiger partial charge on any atom is 0.244 e. The number of aromatic nitrogens is 2. The molecule has 5 heteroatoms. The number of para-hydroxylation sites is 3. The summed E-state index contributed by atoms with van der Waals surface area (Å²) in [5, 5.41) is 5.01. The van der Waals surface area contributed by atoms with Gasteiger partial charge in [-0.25, -0.2) is 4.98 Å². The topological polar surface area (TPSA) is 46.9 Å². The highest BCUT2D eigenvalue weighted by atomic mass is 32.1. The number of anilines is 1. The first-order chi connectivity index (χ1) is 12.3. The zero-order valence-electron chi connectivity index (χ0n) is 13.6. The van der Waals surface area contributed by atoms with Crippen molar-refractivity contribution in [3.8, 4) is 0 Å². The van der Waals surface area contributed by atoms with Gasteiger partial charge in [0.1, 0.15) is 12.4 Å². The predicted octanol–water partition coefficient (Wildman–Crippen LogP) is 4.33. The monoisotopic (exact) mass is 347 g/mol. The van der Waals surface area contributed by atoms with E-state index in [1.54, 1.807) is 11.3 Å². The van der Waals surface area contributed by atoms with Crippen LogP contribution in [0.5, 0.6) is 0 Å². The largest absolute Gasteiger partial charge is 0.325 e. The Hall–Kier alpha value is -2.92. The fourth-order valence-electron chi connectivity index (χ4n) is 2.87. The van der Waals surface area contributed by atoms with Crippen molar-refractivity contribution in [1.82, 2.24) is 9.55 Å². The van der Waals surface area contributed by atoms with Crippen molar-refractivity contribution in [2.75, 3.05) is 5.32 Å². The maximum absolute atomic E-state index is 12.5. The molecular weight excluding hydrogens is 330 g/mol. The lowest BCUT2D eigenvalue weighted by atomic mass is 10.3. The molecule has 124 valence electrons. The van der Waals surface area contributed by atoms with Crippen LogP contribution in [-0.2, 0) is 17.8 Å². The van der Waals surface area contributed by atoms with Gasteiger partial charge < -0.3 is 9.88 Å². The van der Waals surface area contributed by atoms with Gasteiger partial charge in [0.15, 0.2) is 0 Å². The van der Waals surface area contributed by atoms with Crippen LogP contribution in [0.15, 0.2) is 72.1 Å². The Kier molecular flexibility index (Phi) is 4.31. The van der Waals surface area contributed by atoms with Gasteiger partial charge in [-0.05, 0) is 35.7 Å². The van der Waals surface area contributed by atoms with Gasteiger partial charge in [-0.1, -0.05) is 36.4 Å². The summed E-state index contributed by atoms with van der Waals surface area (Å²) in [6, 6.07) is 21.6. The molecule has 1 N–H and O–H groups in total. The van der Waals surface area contributed by atoms with Crippen LogP contribution in [0.2, 0.25) is 0 Å². The quantitative estimate of drug-likeness (QED) is 0.584. The van der Waals surface area contributed by atoms with Crippen molar-refractivity contribution < 1.29 is 4.79 Å². The van der Waals surface area contributed by atoms with Gasteiger partial charge in [0, 0.05) is 17.0 Å². The molecular formula is C20H17N3OS. The van der Waals surface area contributed by atoms with E-state index in [2.05, 4.69) is 16.8 Å². The third-order valence-electron chi connectivity index (χ3n) is 4.01. The van der Waals surface area contributed by atoms with E-state index in [1.165, 1.54) is 4.88 Å². The van der Waals surface area contributed by atoms with Crippen LogP contribution >= 0.6 is 11.3 Å². The van der Waals surface area contributed by atoms with Gasteiger partial charge in [-0.3, -0.25) is 4.79 Å². The Balaban J connectivity index is 1.63. The van der Waals surface area contributed by atoms with Gasteiger partial charge >= 0.3 is 0 Å². The molecule has 4 nitrogen and oxygen atoms in total. The molecule has 1 amide bonds. The number of nitrogens with one attached hydrogen (secondary N) is 1. The van der Waals surface area contributed by atoms with Gasteiger partial charge in [0.2, 0.25) is 5.91 Å². The highest BCUT2D eigenvalue weighted by Gasteiger charge is 2.14. The number of hydrogen-bond acceptors (Lipinski definition) is 3. The van der Waals surface area contributed by atoms with Crippen molar-refractivity contribution in [1.29, 1.82) is 0 Å². The SMILES string of the molecule is O=C(Cn1c(Cc2cccs2)nc2ccccc21)Nc1ccccc1. The molecule has 0 atom stereocenters. The Bertz CT molecular complexity index is 990. The van der Waals surface area contributed by atoms with Crippen LogP contribution in [0.25, 0.3) is 11.0 Å². The van der Waals surface area contributed by atoms with Crippen molar-refractivity contribution in [3.63, 3.8) is 0 Å². The highest BCUT2D eigenvalue weighted by Crippen LogP contribution is 2.20. The van der Waals surface area contributed by atoms with E-state index in [0.29, 0.717) is 0 Å². The van der Waals surface area contributed by atoms with Crippen molar-refractivity contribution in [2.45, 2.75) is 13.0 Å². The van der Waals surface area contributed by atoms with Crippen LogP contribution in [0, 0.1) is 0 Å². The Labute approximate surface area is 149 Å². The summed E-state index contributed by atoms with van der Waals surface area (Å²) in [4.78, 5) is 18.5. The average Bonchev–Trinajstić information content (AvgIpc) is 3.25.